The molecular weight excluding hydrogens is 468 g/mol. The Kier molecular flexibility index (Phi) is 6.34. The van der Waals surface area contributed by atoms with Crippen LogP contribution in [0.5, 0.6) is 0 Å². The summed E-state index contributed by atoms with van der Waals surface area (Å²) >= 11 is 1.58. The van der Waals surface area contributed by atoms with Crippen molar-refractivity contribution in [3.8, 4) is 10.4 Å². The first-order valence-electron chi connectivity index (χ1n) is 11.5. The van der Waals surface area contributed by atoms with Gasteiger partial charge < -0.3 is 15.1 Å². The van der Waals surface area contributed by atoms with Crippen LogP contribution in [0.1, 0.15) is 25.5 Å². The number of fused-ring (bicyclic) bond motifs is 1. The Morgan fingerprint density at radius 2 is 1.74 bits per heavy atom. The van der Waals surface area contributed by atoms with Gasteiger partial charge in [-0.15, -0.1) is 11.3 Å². The Balaban J connectivity index is 1.30. The third-order valence-electron chi connectivity index (χ3n) is 6.32. The smallest absolute Gasteiger partial charge is 0.318 e. The summed E-state index contributed by atoms with van der Waals surface area (Å²) in [5, 5.41) is 3.02. The zero-order chi connectivity index (χ0) is 24.5. The summed E-state index contributed by atoms with van der Waals surface area (Å²) < 4.78 is 27.5. The van der Waals surface area contributed by atoms with E-state index in [1.54, 1.807) is 41.9 Å². The van der Waals surface area contributed by atoms with E-state index in [1.165, 1.54) is 24.3 Å². The SMILES string of the molecule is CC(NC(=O)N1CCN(c2ncnc3cc(-c4ccc(F)cc4)sc23)C[C@H]1C)c1ccc(F)cc1. The van der Waals surface area contributed by atoms with Gasteiger partial charge in [0.2, 0.25) is 0 Å². The van der Waals surface area contributed by atoms with Gasteiger partial charge in [0.1, 0.15) is 23.8 Å². The predicted molar refractivity (Wildman–Crippen MR) is 135 cm³/mol. The topological polar surface area (TPSA) is 61.4 Å². The average molecular weight is 494 g/mol. The lowest BCUT2D eigenvalue weighted by molar-refractivity contribution is 0.168. The van der Waals surface area contributed by atoms with Crippen LogP contribution in [0, 0.1) is 11.6 Å². The number of carbonyl (C=O) groups is 1. The number of carbonyl (C=O) groups excluding carboxylic acids is 1. The molecule has 0 radical (unpaired) electrons. The van der Waals surface area contributed by atoms with Crippen LogP contribution in [0.25, 0.3) is 20.7 Å². The summed E-state index contributed by atoms with van der Waals surface area (Å²) in [6, 6.07) is 14.2. The van der Waals surface area contributed by atoms with Crippen molar-refractivity contribution in [3.63, 3.8) is 0 Å². The van der Waals surface area contributed by atoms with E-state index < -0.39 is 0 Å². The second-order valence-electron chi connectivity index (χ2n) is 8.74. The lowest BCUT2D eigenvalue weighted by Crippen LogP contribution is -2.57. The highest BCUT2D eigenvalue weighted by atomic mass is 32.1. The Morgan fingerprint density at radius 1 is 1.06 bits per heavy atom. The second kappa shape index (κ2) is 9.58. The molecule has 1 aliphatic heterocycles. The molecule has 0 saturated carbocycles. The van der Waals surface area contributed by atoms with Crippen LogP contribution < -0.4 is 10.2 Å². The molecule has 9 heteroatoms. The van der Waals surface area contributed by atoms with Crippen LogP contribution in [0.4, 0.5) is 19.4 Å². The minimum atomic E-state index is -0.300. The van der Waals surface area contributed by atoms with Gasteiger partial charge in [0.25, 0.3) is 0 Å². The molecule has 5 rings (SSSR count). The molecule has 2 aromatic heterocycles. The maximum Gasteiger partial charge on any atom is 0.318 e. The van der Waals surface area contributed by atoms with Crippen LogP contribution >= 0.6 is 11.3 Å². The first-order chi connectivity index (χ1) is 16.9. The van der Waals surface area contributed by atoms with Gasteiger partial charge in [-0.1, -0.05) is 24.3 Å². The molecule has 2 aromatic carbocycles. The normalized spacial score (nSPS) is 17.0. The number of benzene rings is 2. The summed E-state index contributed by atoms with van der Waals surface area (Å²) in [5.41, 5.74) is 2.63. The van der Waals surface area contributed by atoms with Crippen LogP contribution in [0.15, 0.2) is 60.9 Å². The zero-order valence-corrected chi connectivity index (χ0v) is 20.2. The fraction of sp³-hybridized carbons (Fsp3) is 0.269. The Morgan fingerprint density at radius 3 is 2.43 bits per heavy atom. The van der Waals surface area contributed by atoms with Gasteiger partial charge in [0, 0.05) is 30.6 Å². The number of nitrogens with one attached hydrogen (secondary N) is 1. The standard InChI is InChI=1S/C26H25F2N5OS/c1-16-14-32(11-12-33(16)26(34)31-17(2)18-3-7-20(27)8-4-18)25-24-22(29-15-30-25)13-23(35-24)19-5-9-21(28)10-6-19/h3-10,13,15-17H,11-12,14H2,1-2H3,(H,31,34)/t16-,17?/m1/s1. The second-order valence-corrected chi connectivity index (χ2v) is 9.79. The van der Waals surface area contributed by atoms with Gasteiger partial charge in [-0.05, 0) is 55.3 Å². The van der Waals surface area contributed by atoms with E-state index in [1.807, 2.05) is 24.8 Å². The highest BCUT2D eigenvalue weighted by Gasteiger charge is 2.30. The molecule has 1 fully saturated rings. The number of nitrogens with zero attached hydrogens (tertiary/aromatic N) is 4. The first kappa shape index (κ1) is 23.2. The van der Waals surface area contributed by atoms with Crippen molar-refractivity contribution in [2.45, 2.75) is 25.9 Å². The molecule has 1 saturated heterocycles. The van der Waals surface area contributed by atoms with Gasteiger partial charge in [0.15, 0.2) is 0 Å². The molecule has 1 aliphatic rings. The molecule has 0 bridgehead atoms. The van der Waals surface area contributed by atoms with E-state index >= 15 is 0 Å². The highest BCUT2D eigenvalue weighted by Crippen LogP contribution is 2.37. The first-order valence-corrected chi connectivity index (χ1v) is 12.3. The molecule has 0 spiro atoms. The molecule has 1 N–H and O–H groups in total. The Hall–Kier alpha value is -3.59. The van der Waals surface area contributed by atoms with Crippen molar-refractivity contribution in [2.24, 2.45) is 0 Å². The summed E-state index contributed by atoms with van der Waals surface area (Å²) in [5.74, 6) is 0.282. The van der Waals surface area contributed by atoms with Gasteiger partial charge in [-0.25, -0.2) is 23.5 Å². The molecule has 1 unspecified atom stereocenters. The van der Waals surface area contributed by atoms with E-state index in [-0.39, 0.29) is 29.7 Å². The van der Waals surface area contributed by atoms with Crippen LogP contribution in [-0.4, -0.2) is 46.6 Å². The molecule has 35 heavy (non-hydrogen) atoms. The van der Waals surface area contributed by atoms with E-state index in [0.29, 0.717) is 19.6 Å². The fourth-order valence-corrected chi connectivity index (χ4v) is 5.51. The highest BCUT2D eigenvalue weighted by molar-refractivity contribution is 7.22. The van der Waals surface area contributed by atoms with Crippen molar-refractivity contribution in [1.29, 1.82) is 0 Å². The molecule has 6 nitrogen and oxygen atoms in total. The number of thiophene rings is 1. The minimum absolute atomic E-state index is 0.0364. The number of halogens is 2. The minimum Gasteiger partial charge on any atom is -0.351 e. The summed E-state index contributed by atoms with van der Waals surface area (Å²) in [6.45, 7) is 5.72. The third-order valence-corrected chi connectivity index (χ3v) is 7.49. The summed E-state index contributed by atoms with van der Waals surface area (Å²) in [7, 11) is 0. The fourth-order valence-electron chi connectivity index (χ4n) is 4.38. The van der Waals surface area contributed by atoms with Crippen LogP contribution in [0.2, 0.25) is 0 Å². The molecule has 180 valence electrons. The lowest BCUT2D eigenvalue weighted by Gasteiger charge is -2.40. The monoisotopic (exact) mass is 493 g/mol. The predicted octanol–water partition coefficient (Wildman–Crippen LogP) is 5.62. The molecule has 2 atom stereocenters. The van der Waals surface area contributed by atoms with Crippen molar-refractivity contribution in [3.05, 3.63) is 78.1 Å². The molecule has 4 aromatic rings. The number of rotatable bonds is 4. The third kappa shape index (κ3) is 4.81. The number of urea groups is 1. The van der Waals surface area contributed by atoms with E-state index in [2.05, 4.69) is 20.2 Å². The zero-order valence-electron chi connectivity index (χ0n) is 19.4. The average Bonchev–Trinajstić information content (AvgIpc) is 3.29. The number of amides is 2. The summed E-state index contributed by atoms with van der Waals surface area (Å²) in [6.07, 6.45) is 1.56. The van der Waals surface area contributed by atoms with E-state index in [4.69, 9.17) is 0 Å². The Bertz CT molecular complexity index is 1340. The van der Waals surface area contributed by atoms with Crippen molar-refractivity contribution >= 4 is 33.4 Å². The van der Waals surface area contributed by atoms with Crippen LogP contribution in [-0.2, 0) is 0 Å². The van der Waals surface area contributed by atoms with Crippen molar-refractivity contribution in [1.82, 2.24) is 20.2 Å². The van der Waals surface area contributed by atoms with Gasteiger partial charge in [0.05, 0.1) is 16.3 Å². The van der Waals surface area contributed by atoms with E-state index in [9.17, 15) is 13.6 Å². The number of anilines is 1. The molecule has 2 amide bonds. The molecule has 0 aliphatic carbocycles. The number of hydrogen-bond donors (Lipinski definition) is 1. The number of hydrogen-bond acceptors (Lipinski definition) is 5. The van der Waals surface area contributed by atoms with Crippen molar-refractivity contribution < 1.29 is 13.6 Å². The maximum atomic E-state index is 13.3. The quantitative estimate of drug-likeness (QED) is 0.401. The largest absolute Gasteiger partial charge is 0.351 e. The van der Waals surface area contributed by atoms with Gasteiger partial charge in [-0.2, -0.15) is 0 Å². The maximum absolute atomic E-state index is 13.3. The van der Waals surface area contributed by atoms with Crippen molar-refractivity contribution in [2.75, 3.05) is 24.5 Å². The number of aromatic nitrogens is 2. The van der Waals surface area contributed by atoms with Crippen LogP contribution in [0.3, 0.4) is 0 Å². The van der Waals surface area contributed by atoms with Gasteiger partial charge in [-0.3, -0.25) is 0 Å². The summed E-state index contributed by atoms with van der Waals surface area (Å²) in [4.78, 5) is 27.0. The van der Waals surface area contributed by atoms with Gasteiger partial charge >= 0.3 is 6.03 Å². The molecular formula is C26H25F2N5OS. The Labute approximate surface area is 206 Å². The number of piperazine rings is 1. The lowest BCUT2D eigenvalue weighted by atomic mass is 10.1. The van der Waals surface area contributed by atoms with E-state index in [0.717, 1.165) is 32.0 Å². The molecule has 3 heterocycles.